The van der Waals surface area contributed by atoms with E-state index in [1.807, 2.05) is 0 Å². The molecular formula is C13H10F4N4OS. The first-order chi connectivity index (χ1) is 10.8. The minimum atomic E-state index is -1.98. The van der Waals surface area contributed by atoms with E-state index < -0.39 is 40.0 Å². The van der Waals surface area contributed by atoms with Crippen LogP contribution in [0.4, 0.5) is 29.1 Å². The number of anilines is 2. The molecule has 0 aliphatic carbocycles. The van der Waals surface area contributed by atoms with Crippen LogP contribution in [0.1, 0.15) is 11.8 Å². The van der Waals surface area contributed by atoms with Crippen LogP contribution in [0, 0.1) is 23.3 Å². The van der Waals surface area contributed by atoms with E-state index in [0.717, 1.165) is 0 Å². The Kier molecular flexibility index (Phi) is 3.80. The minimum absolute atomic E-state index is 0.144. The van der Waals surface area contributed by atoms with Crippen molar-refractivity contribution in [3.63, 3.8) is 0 Å². The van der Waals surface area contributed by atoms with E-state index in [1.54, 1.807) is 19.0 Å². The van der Waals surface area contributed by atoms with Crippen LogP contribution in [0.3, 0.4) is 0 Å². The van der Waals surface area contributed by atoms with Crippen molar-refractivity contribution < 1.29 is 22.7 Å². The average molecular weight is 346 g/mol. The summed E-state index contributed by atoms with van der Waals surface area (Å²) >= 11 is 0.580. The zero-order valence-corrected chi connectivity index (χ0v) is 12.7. The van der Waals surface area contributed by atoms with Gasteiger partial charge in [0.2, 0.25) is 0 Å². The lowest BCUT2D eigenvalue weighted by atomic mass is 10.1. The summed E-state index contributed by atoms with van der Waals surface area (Å²) in [7, 11) is 3.33. The van der Waals surface area contributed by atoms with Crippen LogP contribution in [-0.4, -0.2) is 29.2 Å². The fourth-order valence-electron chi connectivity index (χ4n) is 2.18. The van der Waals surface area contributed by atoms with Gasteiger partial charge in [-0.15, -0.1) is 0 Å². The van der Waals surface area contributed by atoms with Crippen LogP contribution in [0.5, 0.6) is 0 Å². The number of rotatable bonds is 1. The van der Waals surface area contributed by atoms with Gasteiger partial charge in [-0.1, -0.05) is 11.8 Å². The first-order valence-corrected chi connectivity index (χ1v) is 7.15. The quantitative estimate of drug-likeness (QED) is 0.358. The number of aliphatic hydroxyl groups is 1. The molecule has 0 spiro atoms. The third kappa shape index (κ3) is 2.38. The van der Waals surface area contributed by atoms with Crippen molar-refractivity contribution in [3.8, 4) is 0 Å². The highest BCUT2D eigenvalue weighted by Crippen LogP contribution is 2.46. The molecule has 2 N–H and O–H groups in total. The van der Waals surface area contributed by atoms with Crippen molar-refractivity contribution in [3.05, 3.63) is 35.2 Å². The van der Waals surface area contributed by atoms with Gasteiger partial charge in [0.05, 0.1) is 10.5 Å². The van der Waals surface area contributed by atoms with Crippen molar-refractivity contribution >= 4 is 23.3 Å². The predicted molar refractivity (Wildman–Crippen MR) is 75.3 cm³/mol. The van der Waals surface area contributed by atoms with E-state index in [2.05, 4.69) is 15.3 Å². The van der Waals surface area contributed by atoms with E-state index >= 15 is 0 Å². The van der Waals surface area contributed by atoms with Gasteiger partial charge in [-0.25, -0.2) is 27.5 Å². The number of halogens is 4. The monoisotopic (exact) mass is 346 g/mol. The Bertz CT molecular complexity index is 802. The van der Waals surface area contributed by atoms with Crippen molar-refractivity contribution in [1.29, 1.82) is 0 Å². The van der Waals surface area contributed by atoms with E-state index in [0.29, 0.717) is 17.6 Å². The molecule has 0 radical (unpaired) electrons. The van der Waals surface area contributed by atoms with E-state index in [4.69, 9.17) is 0 Å². The first-order valence-electron chi connectivity index (χ1n) is 6.33. The van der Waals surface area contributed by atoms with Crippen LogP contribution in [0.2, 0.25) is 0 Å². The Hall–Kier alpha value is -2.07. The second-order valence-electron chi connectivity index (χ2n) is 4.92. The highest BCUT2D eigenvalue weighted by atomic mass is 32.2. The smallest absolute Gasteiger partial charge is 0.198 e. The molecule has 3 rings (SSSR count). The Balaban J connectivity index is 2.27. The van der Waals surface area contributed by atoms with Crippen molar-refractivity contribution in [1.82, 2.24) is 9.97 Å². The Morgan fingerprint density at radius 3 is 2.39 bits per heavy atom. The molecule has 23 heavy (non-hydrogen) atoms. The average Bonchev–Trinajstić information content (AvgIpc) is 2.66. The summed E-state index contributed by atoms with van der Waals surface area (Å²) in [4.78, 5) is 8.95. The first kappa shape index (κ1) is 15.8. The zero-order valence-electron chi connectivity index (χ0n) is 11.9. The second-order valence-corrected chi connectivity index (χ2v) is 5.92. The molecule has 0 fully saturated rings. The Morgan fingerprint density at radius 2 is 1.74 bits per heavy atom. The van der Waals surface area contributed by atoms with Gasteiger partial charge in [0.25, 0.3) is 0 Å². The molecular weight excluding hydrogens is 336 g/mol. The van der Waals surface area contributed by atoms with Crippen LogP contribution < -0.4 is 10.2 Å². The van der Waals surface area contributed by atoms with Gasteiger partial charge < -0.3 is 15.3 Å². The fourth-order valence-corrected chi connectivity index (χ4v) is 3.22. The molecule has 0 saturated heterocycles. The molecule has 0 bridgehead atoms. The summed E-state index contributed by atoms with van der Waals surface area (Å²) in [6, 6.07) is 0. The topological polar surface area (TPSA) is 61.3 Å². The van der Waals surface area contributed by atoms with Gasteiger partial charge in [0.1, 0.15) is 17.0 Å². The molecule has 1 atom stereocenters. The summed E-state index contributed by atoms with van der Waals surface area (Å²) in [6.45, 7) is 0. The van der Waals surface area contributed by atoms with Crippen molar-refractivity contribution in [2.24, 2.45) is 0 Å². The van der Waals surface area contributed by atoms with Gasteiger partial charge in [-0.05, 0) is 0 Å². The number of hydrogen-bond acceptors (Lipinski definition) is 6. The lowest BCUT2D eigenvalue weighted by molar-refractivity contribution is 0.195. The number of nitrogens with one attached hydrogen (secondary N) is 1. The third-order valence-corrected chi connectivity index (χ3v) is 4.33. The molecule has 1 aliphatic heterocycles. The lowest BCUT2D eigenvalue weighted by Gasteiger charge is -2.19. The molecule has 1 aromatic carbocycles. The molecule has 5 nitrogen and oxygen atoms in total. The fraction of sp³-hybridized carbons (Fsp3) is 0.231. The minimum Gasteiger partial charge on any atom is -0.369 e. The van der Waals surface area contributed by atoms with Gasteiger partial charge >= 0.3 is 0 Å². The van der Waals surface area contributed by atoms with Crippen LogP contribution in [0.15, 0.2) is 16.2 Å². The summed E-state index contributed by atoms with van der Waals surface area (Å²) < 4.78 is 55.0. The number of benzene rings is 1. The molecule has 1 aliphatic rings. The molecule has 2 aromatic rings. The summed E-state index contributed by atoms with van der Waals surface area (Å²) in [5.41, 5.74) is -0.514. The van der Waals surface area contributed by atoms with Crippen LogP contribution in [0.25, 0.3) is 0 Å². The predicted octanol–water partition coefficient (Wildman–Crippen LogP) is 2.67. The molecule has 10 heteroatoms. The third-order valence-electron chi connectivity index (χ3n) is 3.23. The van der Waals surface area contributed by atoms with E-state index in [9.17, 15) is 22.7 Å². The van der Waals surface area contributed by atoms with E-state index in [-0.39, 0.29) is 10.7 Å². The van der Waals surface area contributed by atoms with Gasteiger partial charge in [0, 0.05) is 14.1 Å². The number of aliphatic hydroxyl groups excluding tert-OH is 1. The van der Waals surface area contributed by atoms with Gasteiger partial charge in [-0.2, -0.15) is 0 Å². The standard InChI is InChI=1S/C13H10F4N4OS/c1-21(2)11-9-13(19-3-18-11)23-10-4(12(22)20-9)5(14)6(15)7(16)8(10)17/h3,12,20,22H,1-2H3. The molecule has 0 amide bonds. The van der Waals surface area contributed by atoms with Gasteiger partial charge in [-0.3, -0.25) is 0 Å². The number of hydrogen-bond donors (Lipinski definition) is 2. The number of nitrogens with zero attached hydrogens (tertiary/aromatic N) is 3. The maximum Gasteiger partial charge on any atom is 0.198 e. The maximum atomic E-state index is 14.0. The molecule has 1 aromatic heterocycles. The number of aromatic nitrogens is 2. The second kappa shape index (κ2) is 5.53. The normalized spacial score (nSPS) is 16.2. The SMILES string of the molecule is CN(C)c1ncnc2c1NC(O)c1c(F)c(F)c(F)c(F)c1S2. The van der Waals surface area contributed by atoms with Crippen molar-refractivity contribution in [2.75, 3.05) is 24.3 Å². The molecule has 0 saturated carbocycles. The van der Waals surface area contributed by atoms with E-state index in [1.165, 1.54) is 6.33 Å². The Labute approximate surface area is 132 Å². The highest BCUT2D eigenvalue weighted by Gasteiger charge is 2.34. The van der Waals surface area contributed by atoms with Crippen molar-refractivity contribution in [2.45, 2.75) is 16.1 Å². The highest BCUT2D eigenvalue weighted by molar-refractivity contribution is 7.99. The summed E-state index contributed by atoms with van der Waals surface area (Å²) in [5.74, 6) is -6.81. The Morgan fingerprint density at radius 1 is 1.09 bits per heavy atom. The van der Waals surface area contributed by atoms with Gasteiger partial charge in [0.15, 0.2) is 35.3 Å². The number of fused-ring (bicyclic) bond motifs is 2. The largest absolute Gasteiger partial charge is 0.369 e. The molecule has 1 unspecified atom stereocenters. The maximum absolute atomic E-state index is 14.0. The lowest BCUT2D eigenvalue weighted by Crippen LogP contribution is -2.18. The summed E-state index contributed by atoms with van der Waals surface area (Å²) in [6.07, 6.45) is -0.609. The van der Waals surface area contributed by atoms with Crippen LogP contribution in [-0.2, 0) is 0 Å². The van der Waals surface area contributed by atoms with Crippen LogP contribution >= 0.6 is 11.8 Å². The summed E-state index contributed by atoms with van der Waals surface area (Å²) in [5, 5.41) is 12.8. The molecule has 122 valence electrons. The molecule has 2 heterocycles. The zero-order chi connectivity index (χ0) is 16.9.